The maximum absolute atomic E-state index is 13.1. The van der Waals surface area contributed by atoms with E-state index in [1.807, 2.05) is 6.92 Å². The van der Waals surface area contributed by atoms with E-state index in [0.29, 0.717) is 35.2 Å². The zero-order chi connectivity index (χ0) is 21.3. The van der Waals surface area contributed by atoms with E-state index in [0.717, 1.165) is 5.56 Å². The zero-order valence-electron chi connectivity index (χ0n) is 16.3. The summed E-state index contributed by atoms with van der Waals surface area (Å²) in [5.74, 6) is -0.223. The molecular weight excluding hydrogens is 390 g/mol. The Morgan fingerprint density at radius 1 is 1.52 bits per heavy atom. The fourth-order valence-electron chi connectivity index (χ4n) is 3.68. The SMILES string of the molecule is C=C[C@@H](O)[C@H]1CCc2c(cn(C)c2C(=O)Cc2ccc(C)c(C#N)c2)S(=O)(=O)N1. The van der Waals surface area contributed by atoms with Gasteiger partial charge in [0.1, 0.15) is 4.90 Å². The smallest absolute Gasteiger partial charge is 0.242 e. The Morgan fingerprint density at radius 2 is 2.24 bits per heavy atom. The third-order valence-corrected chi connectivity index (χ3v) is 6.80. The van der Waals surface area contributed by atoms with E-state index in [1.165, 1.54) is 16.8 Å². The van der Waals surface area contributed by atoms with Crippen LogP contribution in [-0.4, -0.2) is 36.0 Å². The van der Waals surface area contributed by atoms with Gasteiger partial charge in [0.05, 0.1) is 29.5 Å². The van der Waals surface area contributed by atoms with Crippen molar-refractivity contribution in [1.29, 1.82) is 5.26 Å². The Morgan fingerprint density at radius 3 is 2.90 bits per heavy atom. The maximum Gasteiger partial charge on any atom is 0.242 e. The zero-order valence-corrected chi connectivity index (χ0v) is 17.2. The number of carbonyl (C=O) groups excluding carboxylic acids is 1. The number of hydrogen-bond donors (Lipinski definition) is 2. The number of aliphatic hydroxyl groups excluding tert-OH is 1. The number of fused-ring (bicyclic) bond motifs is 1. The number of sulfonamides is 1. The van der Waals surface area contributed by atoms with Crippen molar-refractivity contribution in [3.05, 3.63) is 65.0 Å². The molecule has 1 aliphatic heterocycles. The van der Waals surface area contributed by atoms with E-state index < -0.39 is 22.2 Å². The summed E-state index contributed by atoms with van der Waals surface area (Å²) in [6.45, 7) is 5.34. The highest BCUT2D eigenvalue weighted by Crippen LogP contribution is 2.29. The number of nitriles is 1. The summed E-state index contributed by atoms with van der Waals surface area (Å²) in [5.41, 5.74) is 2.82. The number of aliphatic hydroxyl groups is 1. The van der Waals surface area contributed by atoms with Crippen LogP contribution in [0.5, 0.6) is 0 Å². The van der Waals surface area contributed by atoms with Crippen molar-refractivity contribution in [1.82, 2.24) is 9.29 Å². The first-order valence-corrected chi connectivity index (χ1v) is 10.7. The fourth-order valence-corrected chi connectivity index (χ4v) is 5.28. The monoisotopic (exact) mass is 413 g/mol. The number of hydrogen-bond acceptors (Lipinski definition) is 5. The van der Waals surface area contributed by atoms with E-state index in [9.17, 15) is 23.6 Å². The molecule has 8 heteroatoms. The molecule has 2 aromatic rings. The quantitative estimate of drug-likeness (QED) is 0.573. The van der Waals surface area contributed by atoms with Gasteiger partial charge >= 0.3 is 0 Å². The maximum atomic E-state index is 13.1. The van der Waals surface area contributed by atoms with Crippen LogP contribution < -0.4 is 4.72 Å². The van der Waals surface area contributed by atoms with E-state index in [4.69, 9.17) is 0 Å². The Bertz CT molecular complexity index is 1130. The highest BCUT2D eigenvalue weighted by Gasteiger charge is 2.34. The van der Waals surface area contributed by atoms with Crippen molar-refractivity contribution < 1.29 is 18.3 Å². The van der Waals surface area contributed by atoms with Crippen molar-refractivity contribution in [3.63, 3.8) is 0 Å². The highest BCUT2D eigenvalue weighted by atomic mass is 32.2. The highest BCUT2D eigenvalue weighted by molar-refractivity contribution is 7.89. The third-order valence-electron chi connectivity index (χ3n) is 5.25. The van der Waals surface area contributed by atoms with Crippen LogP contribution in [0.25, 0.3) is 0 Å². The van der Waals surface area contributed by atoms with Gasteiger partial charge in [-0.2, -0.15) is 5.26 Å². The van der Waals surface area contributed by atoms with Crippen LogP contribution in [0.15, 0.2) is 41.9 Å². The minimum Gasteiger partial charge on any atom is -0.387 e. The summed E-state index contributed by atoms with van der Waals surface area (Å²) in [5, 5.41) is 19.2. The van der Waals surface area contributed by atoms with Gasteiger partial charge in [0.25, 0.3) is 0 Å². The lowest BCUT2D eigenvalue weighted by Crippen LogP contribution is -2.41. The molecule has 2 atom stereocenters. The van der Waals surface area contributed by atoms with Crippen molar-refractivity contribution in [2.45, 2.75) is 43.2 Å². The second-order valence-electron chi connectivity index (χ2n) is 7.29. The molecule has 29 heavy (non-hydrogen) atoms. The molecule has 0 amide bonds. The second kappa shape index (κ2) is 7.95. The molecule has 2 heterocycles. The van der Waals surface area contributed by atoms with E-state index >= 15 is 0 Å². The first-order chi connectivity index (χ1) is 13.7. The molecule has 0 bridgehead atoms. The normalized spacial score (nSPS) is 18.9. The average Bonchev–Trinajstić information content (AvgIpc) is 2.96. The number of aromatic nitrogens is 1. The van der Waals surface area contributed by atoms with Crippen LogP contribution in [-0.2, 0) is 29.9 Å². The van der Waals surface area contributed by atoms with Gasteiger partial charge < -0.3 is 9.67 Å². The molecule has 0 saturated carbocycles. The predicted octanol–water partition coefficient (Wildman–Crippen LogP) is 1.77. The van der Waals surface area contributed by atoms with Crippen LogP contribution in [0.1, 0.15) is 39.2 Å². The number of nitrogens with one attached hydrogen (secondary N) is 1. The van der Waals surface area contributed by atoms with Crippen LogP contribution in [0.3, 0.4) is 0 Å². The first-order valence-electron chi connectivity index (χ1n) is 9.22. The minimum absolute atomic E-state index is 0.0590. The molecule has 0 saturated heterocycles. The topological polar surface area (TPSA) is 112 Å². The van der Waals surface area contributed by atoms with Gasteiger partial charge in [-0.05, 0) is 37.0 Å². The molecule has 1 aromatic carbocycles. The minimum atomic E-state index is -3.88. The summed E-state index contributed by atoms with van der Waals surface area (Å²) in [7, 11) is -2.24. The standard InChI is InChI=1S/C21H23N3O4S/c1-4-18(25)17-8-7-16-20(29(27,28)23-17)12-24(3)21(16)19(26)10-14-6-5-13(2)15(9-14)11-22/h4-6,9,12,17-18,23,25H,1,7-8,10H2,2-3H3/t17-,18-/m1/s1. The number of Topliss-reactive ketones (excluding diaryl/α,β-unsaturated/α-hetero) is 1. The molecule has 0 spiro atoms. The third kappa shape index (κ3) is 4.03. The molecule has 1 aliphatic rings. The van der Waals surface area contributed by atoms with Crippen LogP contribution >= 0.6 is 0 Å². The largest absolute Gasteiger partial charge is 0.387 e. The van der Waals surface area contributed by atoms with Gasteiger partial charge in [0.2, 0.25) is 10.0 Å². The lowest BCUT2D eigenvalue weighted by atomic mass is 9.97. The number of carbonyl (C=O) groups is 1. The molecule has 0 aliphatic carbocycles. The first kappa shape index (κ1) is 21.0. The van der Waals surface area contributed by atoms with Gasteiger partial charge in [-0.15, -0.1) is 6.58 Å². The van der Waals surface area contributed by atoms with Crippen molar-refractivity contribution in [2.75, 3.05) is 0 Å². The lowest BCUT2D eigenvalue weighted by molar-refractivity contribution is 0.0984. The molecule has 2 N–H and O–H groups in total. The van der Waals surface area contributed by atoms with E-state index in [1.54, 1.807) is 25.2 Å². The molecule has 152 valence electrons. The van der Waals surface area contributed by atoms with E-state index in [-0.39, 0.29) is 17.1 Å². The molecule has 1 aromatic heterocycles. The summed E-state index contributed by atoms with van der Waals surface area (Å²) < 4.78 is 29.6. The lowest BCUT2D eigenvalue weighted by Gasteiger charge is -2.19. The Balaban J connectivity index is 1.97. The summed E-state index contributed by atoms with van der Waals surface area (Å²) in [6.07, 6.45) is 2.44. The fraction of sp³-hybridized carbons (Fsp3) is 0.333. The van der Waals surface area contributed by atoms with E-state index in [2.05, 4.69) is 17.4 Å². The van der Waals surface area contributed by atoms with Gasteiger partial charge in [0, 0.05) is 25.2 Å². The van der Waals surface area contributed by atoms with Gasteiger partial charge in [-0.3, -0.25) is 4.79 Å². The van der Waals surface area contributed by atoms with Gasteiger partial charge in [-0.25, -0.2) is 13.1 Å². The van der Waals surface area contributed by atoms with Crippen LogP contribution in [0, 0.1) is 18.3 Å². The van der Waals surface area contributed by atoms with Gasteiger partial charge in [0.15, 0.2) is 5.78 Å². The molecule has 0 unspecified atom stereocenters. The van der Waals surface area contributed by atoms with Gasteiger partial charge in [-0.1, -0.05) is 18.2 Å². The Labute approximate surface area is 170 Å². The van der Waals surface area contributed by atoms with Crippen molar-refractivity contribution in [3.8, 4) is 6.07 Å². The number of aryl methyl sites for hydroxylation is 2. The number of benzene rings is 1. The predicted molar refractivity (Wildman–Crippen MR) is 108 cm³/mol. The molecule has 0 fully saturated rings. The second-order valence-corrected chi connectivity index (χ2v) is 8.97. The number of nitrogens with zero attached hydrogens (tertiary/aromatic N) is 2. The van der Waals surface area contributed by atoms with Crippen LogP contribution in [0.4, 0.5) is 0 Å². The van der Waals surface area contributed by atoms with Crippen LogP contribution in [0.2, 0.25) is 0 Å². The average molecular weight is 413 g/mol. The molecule has 3 rings (SSSR count). The Hall–Kier alpha value is -2.73. The summed E-state index contributed by atoms with van der Waals surface area (Å²) >= 11 is 0. The van der Waals surface area contributed by atoms with Crippen molar-refractivity contribution in [2.24, 2.45) is 7.05 Å². The Kier molecular flexibility index (Phi) is 5.75. The summed E-state index contributed by atoms with van der Waals surface area (Å²) in [6, 6.07) is 6.68. The number of rotatable bonds is 5. The number of ketones is 1. The molecular formula is C21H23N3O4S. The molecule has 0 radical (unpaired) electrons. The summed E-state index contributed by atoms with van der Waals surface area (Å²) in [4.78, 5) is 13.1. The molecule has 7 nitrogen and oxygen atoms in total. The van der Waals surface area contributed by atoms with Crippen molar-refractivity contribution >= 4 is 15.8 Å².